The van der Waals surface area contributed by atoms with Gasteiger partial charge in [0.1, 0.15) is 12.2 Å². The Morgan fingerprint density at radius 1 is 1.24 bits per heavy atom. The Bertz CT molecular complexity index is 954. The molecular weight excluding hydrogens is 451 g/mol. The molecule has 2 heterocycles. The molecule has 10 nitrogen and oxygen atoms in total. The average Bonchev–Trinajstić information content (AvgIpc) is 3.45. The van der Waals surface area contributed by atoms with Crippen molar-refractivity contribution in [1.29, 1.82) is 5.26 Å². The van der Waals surface area contributed by atoms with Gasteiger partial charge in [0.15, 0.2) is 0 Å². The van der Waals surface area contributed by atoms with Gasteiger partial charge in [-0.15, -0.1) is 10.2 Å². The van der Waals surface area contributed by atoms with Gasteiger partial charge in [-0.2, -0.15) is 5.26 Å². The van der Waals surface area contributed by atoms with Crippen molar-refractivity contribution in [3.05, 3.63) is 5.01 Å². The van der Waals surface area contributed by atoms with Crippen LogP contribution >= 0.6 is 11.3 Å². The van der Waals surface area contributed by atoms with Crippen LogP contribution in [-0.4, -0.2) is 70.3 Å². The molecule has 4 fully saturated rings. The summed E-state index contributed by atoms with van der Waals surface area (Å²) in [5, 5.41) is 23.4. The van der Waals surface area contributed by atoms with Crippen LogP contribution in [0.4, 0.5) is 9.52 Å². The van der Waals surface area contributed by atoms with E-state index in [1.165, 1.54) is 4.90 Å². The SMILES string of the molecule is CCOC(=O)c1nnc(NC(=O)C23CCC(NCC(=O)N4C[C@@H](F)C[C@H]4C#N)(CC2)CC3)s1. The number of nitrogens with zero attached hydrogens (tertiary/aromatic N) is 4. The fourth-order valence-corrected chi connectivity index (χ4v) is 5.75. The lowest BCUT2D eigenvalue weighted by Gasteiger charge is -2.52. The van der Waals surface area contributed by atoms with Crippen LogP contribution in [0.1, 0.15) is 61.7 Å². The third-order valence-corrected chi connectivity index (χ3v) is 7.98. The van der Waals surface area contributed by atoms with Gasteiger partial charge in [0.05, 0.1) is 25.8 Å². The first-order valence-electron chi connectivity index (χ1n) is 11.2. The summed E-state index contributed by atoms with van der Waals surface area (Å²) >= 11 is 0.987. The number of likely N-dealkylation sites (tertiary alicyclic amines) is 1. The van der Waals surface area contributed by atoms with E-state index >= 15 is 0 Å². The van der Waals surface area contributed by atoms with Crippen LogP contribution in [0.2, 0.25) is 0 Å². The van der Waals surface area contributed by atoms with Crippen LogP contribution in [0.3, 0.4) is 0 Å². The quantitative estimate of drug-likeness (QED) is 0.566. The lowest BCUT2D eigenvalue weighted by Crippen LogP contribution is -2.59. The summed E-state index contributed by atoms with van der Waals surface area (Å²) in [6.07, 6.45) is 3.15. The minimum Gasteiger partial charge on any atom is -0.461 e. The van der Waals surface area contributed by atoms with Gasteiger partial charge in [-0.05, 0) is 45.4 Å². The number of carbonyl (C=O) groups excluding carboxylic acids is 3. The van der Waals surface area contributed by atoms with Crippen molar-refractivity contribution in [2.24, 2.45) is 5.41 Å². The fourth-order valence-electron chi connectivity index (χ4n) is 5.12. The Morgan fingerprint density at radius 3 is 2.58 bits per heavy atom. The summed E-state index contributed by atoms with van der Waals surface area (Å²) in [6, 6.07) is 1.30. The molecule has 2 N–H and O–H groups in total. The molecule has 1 aromatic rings. The van der Waals surface area contributed by atoms with Crippen molar-refractivity contribution >= 4 is 34.3 Å². The van der Waals surface area contributed by atoms with Crippen molar-refractivity contribution in [1.82, 2.24) is 20.4 Å². The number of esters is 1. The zero-order chi connectivity index (χ0) is 23.6. The van der Waals surface area contributed by atoms with E-state index in [0.717, 1.165) is 30.6 Å². The number of anilines is 1. The maximum Gasteiger partial charge on any atom is 0.369 e. The molecule has 3 aliphatic carbocycles. The number of nitriles is 1. The molecule has 0 radical (unpaired) electrons. The summed E-state index contributed by atoms with van der Waals surface area (Å²) in [7, 11) is 0. The minimum atomic E-state index is -1.15. The molecule has 3 saturated carbocycles. The summed E-state index contributed by atoms with van der Waals surface area (Å²) in [4.78, 5) is 38.7. The average molecular weight is 479 g/mol. The molecule has 1 saturated heterocycles. The second kappa shape index (κ2) is 9.30. The molecule has 0 unspecified atom stereocenters. The van der Waals surface area contributed by atoms with Gasteiger partial charge >= 0.3 is 5.97 Å². The summed E-state index contributed by atoms with van der Waals surface area (Å²) < 4.78 is 18.5. The van der Waals surface area contributed by atoms with E-state index < -0.39 is 23.6 Å². The van der Waals surface area contributed by atoms with Crippen molar-refractivity contribution in [3.63, 3.8) is 0 Å². The summed E-state index contributed by atoms with van der Waals surface area (Å²) in [6.45, 7) is 1.97. The molecule has 33 heavy (non-hydrogen) atoms. The molecule has 2 bridgehead atoms. The predicted octanol–water partition coefficient (Wildman–Crippen LogP) is 1.80. The Morgan fingerprint density at radius 2 is 1.94 bits per heavy atom. The number of halogens is 1. The number of alkyl halides is 1. The maximum absolute atomic E-state index is 13.6. The van der Waals surface area contributed by atoms with Gasteiger partial charge in [-0.25, -0.2) is 9.18 Å². The molecular formula is C21H27FN6O4S. The van der Waals surface area contributed by atoms with E-state index in [0.29, 0.717) is 19.3 Å². The van der Waals surface area contributed by atoms with Crippen molar-refractivity contribution < 1.29 is 23.5 Å². The minimum absolute atomic E-state index is 0.0293. The first-order chi connectivity index (χ1) is 15.8. The van der Waals surface area contributed by atoms with Gasteiger partial charge in [0.2, 0.25) is 22.0 Å². The second-order valence-corrected chi connectivity index (χ2v) is 10.0. The molecule has 1 aliphatic heterocycles. The largest absolute Gasteiger partial charge is 0.461 e. The lowest BCUT2D eigenvalue weighted by atomic mass is 9.57. The Hall–Kier alpha value is -2.65. The van der Waals surface area contributed by atoms with Crippen LogP contribution < -0.4 is 10.6 Å². The Balaban J connectivity index is 1.30. The van der Waals surface area contributed by atoms with E-state index in [1.807, 2.05) is 6.07 Å². The van der Waals surface area contributed by atoms with Gasteiger partial charge in [-0.3, -0.25) is 9.59 Å². The van der Waals surface area contributed by atoms with Crippen LogP contribution in [0, 0.1) is 16.7 Å². The van der Waals surface area contributed by atoms with Crippen molar-refractivity contribution in [3.8, 4) is 6.07 Å². The second-order valence-electron chi connectivity index (χ2n) is 9.03. The number of nitrogens with one attached hydrogen (secondary N) is 2. The number of ether oxygens (including phenoxy) is 1. The van der Waals surface area contributed by atoms with Crippen LogP contribution in [0.15, 0.2) is 0 Å². The van der Waals surface area contributed by atoms with Crippen LogP contribution in [0.5, 0.6) is 0 Å². The highest BCUT2D eigenvalue weighted by atomic mass is 32.1. The van der Waals surface area contributed by atoms with E-state index in [4.69, 9.17) is 10.00 Å². The third kappa shape index (κ3) is 4.70. The van der Waals surface area contributed by atoms with Crippen LogP contribution in [0.25, 0.3) is 0 Å². The molecule has 5 rings (SSSR count). The van der Waals surface area contributed by atoms with Gasteiger partial charge in [0, 0.05) is 17.4 Å². The van der Waals surface area contributed by atoms with Crippen molar-refractivity contribution in [2.75, 3.05) is 25.0 Å². The highest BCUT2D eigenvalue weighted by molar-refractivity contribution is 7.17. The zero-order valence-electron chi connectivity index (χ0n) is 18.4. The molecule has 0 spiro atoms. The Kier molecular flexibility index (Phi) is 6.63. The van der Waals surface area contributed by atoms with Gasteiger partial charge in [-0.1, -0.05) is 11.3 Å². The van der Waals surface area contributed by atoms with E-state index in [-0.39, 0.29) is 53.6 Å². The predicted molar refractivity (Wildman–Crippen MR) is 116 cm³/mol. The normalized spacial score (nSPS) is 30.6. The number of hydrogen-bond donors (Lipinski definition) is 2. The highest BCUT2D eigenvalue weighted by Crippen LogP contribution is 2.52. The van der Waals surface area contributed by atoms with E-state index in [1.54, 1.807) is 6.92 Å². The van der Waals surface area contributed by atoms with E-state index in [2.05, 4.69) is 20.8 Å². The van der Waals surface area contributed by atoms with Gasteiger partial charge < -0.3 is 20.3 Å². The smallest absolute Gasteiger partial charge is 0.369 e. The maximum atomic E-state index is 13.6. The number of aromatic nitrogens is 2. The molecule has 0 aromatic carbocycles. The topological polar surface area (TPSA) is 137 Å². The third-order valence-electron chi connectivity index (χ3n) is 7.16. The number of rotatable bonds is 7. The molecule has 2 amide bonds. The number of carbonyl (C=O) groups is 3. The lowest BCUT2D eigenvalue weighted by molar-refractivity contribution is -0.135. The summed E-state index contributed by atoms with van der Waals surface area (Å²) in [5.41, 5.74) is -0.736. The fraction of sp³-hybridized carbons (Fsp3) is 0.714. The number of hydrogen-bond acceptors (Lipinski definition) is 9. The molecule has 4 aliphatic rings. The van der Waals surface area contributed by atoms with Gasteiger partial charge in [0.25, 0.3) is 0 Å². The molecule has 1 aromatic heterocycles. The molecule has 178 valence electrons. The number of amides is 2. The monoisotopic (exact) mass is 478 g/mol. The first-order valence-corrected chi connectivity index (χ1v) is 12.0. The zero-order valence-corrected chi connectivity index (χ0v) is 19.3. The highest BCUT2D eigenvalue weighted by Gasteiger charge is 2.52. The van der Waals surface area contributed by atoms with Crippen molar-refractivity contribution in [2.45, 2.75) is 69.6 Å². The number of fused-ring (bicyclic) bond motifs is 3. The Labute approximate surface area is 194 Å². The molecule has 12 heteroatoms. The summed E-state index contributed by atoms with van der Waals surface area (Å²) in [5.74, 6) is -0.947. The standard InChI is InChI=1S/C21H27FN6O4S/c1-2-32-17(30)16-26-27-19(33-16)25-18(31)20-3-6-21(7-4-20,8-5-20)24-11-15(29)28-12-13(22)9-14(28)10-23/h13-14,24H,2-9,11-12H2,1H3,(H,25,27,31)/t13-,14-,20?,21?/m0/s1. The van der Waals surface area contributed by atoms with Crippen LogP contribution in [-0.2, 0) is 14.3 Å². The molecule has 2 atom stereocenters. The first kappa shape index (κ1) is 23.5. The van der Waals surface area contributed by atoms with E-state index in [9.17, 15) is 18.8 Å².